The number of hydrogen-bond acceptors (Lipinski definition) is 5. The molecule has 0 bridgehead atoms. The van der Waals surface area contributed by atoms with E-state index in [-0.39, 0.29) is 35.5 Å². The average Bonchev–Trinajstić information content (AvgIpc) is 3.11. The fourth-order valence-corrected chi connectivity index (χ4v) is 7.82. The number of benzene rings is 4. The number of anilines is 1. The van der Waals surface area contributed by atoms with Gasteiger partial charge in [-0.2, -0.15) is 0 Å². The van der Waals surface area contributed by atoms with Crippen LogP contribution >= 0.6 is 11.6 Å². The van der Waals surface area contributed by atoms with Crippen LogP contribution in [0.1, 0.15) is 55.7 Å². The van der Waals surface area contributed by atoms with Crippen molar-refractivity contribution in [2.24, 2.45) is 0 Å². The summed E-state index contributed by atoms with van der Waals surface area (Å²) < 4.78 is 35.8. The highest BCUT2D eigenvalue weighted by molar-refractivity contribution is 7.92. The smallest absolute Gasteiger partial charge is 0.264 e. The Bertz CT molecular complexity index is 1810. The van der Waals surface area contributed by atoms with E-state index in [1.165, 1.54) is 17.0 Å². The summed E-state index contributed by atoms with van der Waals surface area (Å²) in [6, 6.07) is 29.0. The van der Waals surface area contributed by atoms with Crippen molar-refractivity contribution in [3.05, 3.63) is 125 Å². The van der Waals surface area contributed by atoms with Crippen molar-refractivity contribution in [2.75, 3.05) is 17.5 Å². The summed E-state index contributed by atoms with van der Waals surface area (Å²) in [6.07, 6.45) is 5.17. The highest BCUT2D eigenvalue weighted by Crippen LogP contribution is 2.33. The lowest BCUT2D eigenvalue weighted by molar-refractivity contribution is -0.140. The second kappa shape index (κ2) is 16.9. The molecule has 1 N–H and O–H groups in total. The number of aryl methyl sites for hydroxylation is 1. The van der Waals surface area contributed by atoms with Gasteiger partial charge in [-0.15, -0.1) is 0 Å². The number of nitrogens with one attached hydrogen (secondary N) is 1. The van der Waals surface area contributed by atoms with E-state index in [9.17, 15) is 18.0 Å². The van der Waals surface area contributed by atoms with Gasteiger partial charge in [0.1, 0.15) is 18.3 Å². The van der Waals surface area contributed by atoms with Crippen LogP contribution < -0.4 is 14.4 Å². The quantitative estimate of drug-likeness (QED) is 0.149. The van der Waals surface area contributed by atoms with Crippen molar-refractivity contribution in [2.45, 2.75) is 75.9 Å². The van der Waals surface area contributed by atoms with Crippen LogP contribution in [0, 0.1) is 6.92 Å². The first-order valence-electron chi connectivity index (χ1n) is 16.9. The number of sulfonamides is 1. The van der Waals surface area contributed by atoms with Gasteiger partial charge in [0.25, 0.3) is 10.0 Å². The zero-order valence-corrected chi connectivity index (χ0v) is 29.6. The highest BCUT2D eigenvalue weighted by atomic mass is 35.5. The van der Waals surface area contributed by atoms with Gasteiger partial charge in [0, 0.05) is 24.0 Å². The van der Waals surface area contributed by atoms with Crippen molar-refractivity contribution in [3.8, 4) is 5.75 Å². The van der Waals surface area contributed by atoms with Gasteiger partial charge in [0.2, 0.25) is 11.8 Å². The van der Waals surface area contributed by atoms with Gasteiger partial charge in [-0.1, -0.05) is 109 Å². The third-order valence-corrected chi connectivity index (χ3v) is 11.0. The predicted molar refractivity (Wildman–Crippen MR) is 194 cm³/mol. The van der Waals surface area contributed by atoms with Gasteiger partial charge in [-0.25, -0.2) is 8.42 Å². The number of hydrogen-bond donors (Lipinski definition) is 1. The Kier molecular flexibility index (Phi) is 12.4. The molecule has 1 unspecified atom stereocenters. The molecule has 5 rings (SSSR count). The van der Waals surface area contributed by atoms with E-state index >= 15 is 0 Å². The van der Waals surface area contributed by atoms with E-state index in [0.29, 0.717) is 22.9 Å². The zero-order chi connectivity index (χ0) is 34.8. The molecule has 1 fully saturated rings. The maximum absolute atomic E-state index is 14.8. The van der Waals surface area contributed by atoms with Crippen LogP contribution in [-0.4, -0.2) is 50.4 Å². The standard InChI is InChI=1S/C39H44ClN3O5S/c1-3-48-37-21-13-12-20-35(37)43(49(46,47)33-24-22-29(2)23-25-33)28-38(44)42(27-31-16-10-11-19-34(31)40)36(26-30-14-6-4-7-15-30)39(45)41-32-17-8-5-9-18-32/h4,6-7,10-16,19-25,32,36H,3,5,8-9,17-18,26-28H2,1-2H3,(H,41,45). The Morgan fingerprint density at radius 1 is 0.878 bits per heavy atom. The lowest BCUT2D eigenvalue weighted by Gasteiger charge is -2.35. The van der Waals surface area contributed by atoms with Gasteiger partial charge in [0.15, 0.2) is 0 Å². The topological polar surface area (TPSA) is 96.0 Å². The lowest BCUT2D eigenvalue weighted by Crippen LogP contribution is -2.55. The van der Waals surface area contributed by atoms with Crippen LogP contribution in [-0.2, 0) is 32.6 Å². The predicted octanol–water partition coefficient (Wildman–Crippen LogP) is 7.33. The molecular formula is C39H44ClN3O5S. The minimum absolute atomic E-state index is 0.000377. The Balaban J connectivity index is 1.60. The monoisotopic (exact) mass is 701 g/mol. The van der Waals surface area contributed by atoms with Crippen molar-refractivity contribution in [3.63, 3.8) is 0 Å². The maximum Gasteiger partial charge on any atom is 0.264 e. The maximum atomic E-state index is 14.8. The molecule has 49 heavy (non-hydrogen) atoms. The number of rotatable bonds is 14. The van der Waals surface area contributed by atoms with Crippen LogP contribution in [0.2, 0.25) is 5.02 Å². The normalized spacial score (nSPS) is 14.1. The number of carbonyl (C=O) groups excluding carboxylic acids is 2. The van der Waals surface area contributed by atoms with Crippen LogP contribution in [0.15, 0.2) is 108 Å². The number of para-hydroxylation sites is 2. The molecule has 0 heterocycles. The molecule has 258 valence electrons. The fraction of sp³-hybridized carbons (Fsp3) is 0.333. The first kappa shape index (κ1) is 36.0. The summed E-state index contributed by atoms with van der Waals surface area (Å²) in [4.78, 5) is 30.6. The molecule has 1 aliphatic rings. The molecule has 1 saturated carbocycles. The Morgan fingerprint density at radius 2 is 1.53 bits per heavy atom. The van der Waals surface area contributed by atoms with Gasteiger partial charge in [-0.05, 0) is 68.1 Å². The Morgan fingerprint density at radius 3 is 2.22 bits per heavy atom. The van der Waals surface area contributed by atoms with Crippen LogP contribution in [0.3, 0.4) is 0 Å². The number of ether oxygens (including phenoxy) is 1. The third-order valence-electron chi connectivity index (χ3n) is 8.84. The van der Waals surface area contributed by atoms with Crippen LogP contribution in [0.25, 0.3) is 0 Å². The molecule has 0 saturated heterocycles. The molecule has 10 heteroatoms. The molecule has 1 atom stereocenters. The molecule has 0 aliphatic heterocycles. The number of nitrogens with zero attached hydrogens (tertiary/aromatic N) is 2. The average molecular weight is 702 g/mol. The van der Waals surface area contributed by atoms with Crippen molar-refractivity contribution < 1.29 is 22.7 Å². The third kappa shape index (κ3) is 9.22. The SMILES string of the molecule is CCOc1ccccc1N(CC(=O)N(Cc1ccccc1Cl)C(Cc1ccccc1)C(=O)NC1CCCCC1)S(=O)(=O)c1ccc(C)cc1. The molecule has 4 aromatic rings. The minimum atomic E-state index is -4.27. The number of carbonyl (C=O) groups is 2. The summed E-state index contributed by atoms with van der Waals surface area (Å²) in [5.41, 5.74) is 2.63. The highest BCUT2D eigenvalue weighted by Gasteiger charge is 2.36. The molecule has 1 aliphatic carbocycles. The van der Waals surface area contributed by atoms with E-state index in [1.54, 1.807) is 48.5 Å². The Labute approximate surface area is 295 Å². The second-order valence-electron chi connectivity index (χ2n) is 12.4. The van der Waals surface area contributed by atoms with Crippen LogP contribution in [0.5, 0.6) is 5.75 Å². The van der Waals surface area contributed by atoms with Crippen LogP contribution in [0.4, 0.5) is 5.69 Å². The minimum Gasteiger partial charge on any atom is -0.492 e. The van der Waals surface area contributed by atoms with Crippen molar-refractivity contribution >= 4 is 39.1 Å². The van der Waals surface area contributed by atoms with E-state index in [0.717, 1.165) is 47.5 Å². The van der Waals surface area contributed by atoms with Crippen molar-refractivity contribution in [1.29, 1.82) is 0 Å². The largest absolute Gasteiger partial charge is 0.492 e. The van der Waals surface area contributed by atoms with E-state index in [4.69, 9.17) is 16.3 Å². The Hall–Kier alpha value is -4.34. The molecule has 0 aromatic heterocycles. The first-order chi connectivity index (χ1) is 23.7. The van der Waals surface area contributed by atoms with E-state index in [2.05, 4.69) is 5.32 Å². The molecule has 8 nitrogen and oxygen atoms in total. The summed E-state index contributed by atoms with van der Waals surface area (Å²) in [5, 5.41) is 3.67. The summed E-state index contributed by atoms with van der Waals surface area (Å²) >= 11 is 6.63. The lowest BCUT2D eigenvalue weighted by atomic mass is 9.94. The number of amides is 2. The first-order valence-corrected chi connectivity index (χ1v) is 18.7. The summed E-state index contributed by atoms with van der Waals surface area (Å²) in [7, 11) is -4.27. The molecular weight excluding hydrogens is 658 g/mol. The van der Waals surface area contributed by atoms with Gasteiger partial charge in [0.05, 0.1) is 17.2 Å². The van der Waals surface area contributed by atoms with Gasteiger partial charge >= 0.3 is 0 Å². The van der Waals surface area contributed by atoms with E-state index in [1.807, 2.05) is 56.3 Å². The number of halogens is 1. The second-order valence-corrected chi connectivity index (χ2v) is 14.7. The van der Waals surface area contributed by atoms with Crippen molar-refractivity contribution in [1.82, 2.24) is 10.2 Å². The summed E-state index contributed by atoms with van der Waals surface area (Å²) in [5.74, 6) is -0.512. The molecule has 2 amide bonds. The van der Waals surface area contributed by atoms with Gasteiger partial charge < -0.3 is 15.0 Å². The zero-order valence-electron chi connectivity index (χ0n) is 28.1. The molecule has 0 radical (unpaired) electrons. The molecule has 0 spiro atoms. The summed E-state index contributed by atoms with van der Waals surface area (Å²) in [6.45, 7) is 3.40. The van der Waals surface area contributed by atoms with Gasteiger partial charge in [-0.3, -0.25) is 13.9 Å². The van der Waals surface area contributed by atoms with E-state index < -0.39 is 28.5 Å². The fourth-order valence-electron chi connectivity index (χ4n) is 6.20. The molecule has 4 aromatic carbocycles.